The molecule has 0 bridgehead atoms. The Kier molecular flexibility index (Phi) is 6.75. The van der Waals surface area contributed by atoms with Crippen LogP contribution in [0.4, 0.5) is 0 Å². The van der Waals surface area contributed by atoms with Gasteiger partial charge in [0.05, 0.1) is 6.21 Å². The minimum absolute atomic E-state index is 0.0626. The van der Waals surface area contributed by atoms with Gasteiger partial charge in [-0.15, -0.1) is 0 Å². The molecule has 1 N–H and O–H groups in total. The van der Waals surface area contributed by atoms with E-state index >= 15 is 0 Å². The summed E-state index contributed by atoms with van der Waals surface area (Å²) in [5.41, 5.74) is 7.06. The number of hydrazone groups is 1. The predicted molar refractivity (Wildman–Crippen MR) is 102 cm³/mol. The number of carbonyl (C=O) groups excluding carboxylic acids is 1. The zero-order valence-electron chi connectivity index (χ0n) is 15.4. The van der Waals surface area contributed by atoms with Gasteiger partial charge in [0.2, 0.25) is 0 Å². The number of rotatable bonds is 7. The molecular formula is C21H26N2O2. The molecule has 0 saturated heterocycles. The molecule has 4 heteroatoms. The van der Waals surface area contributed by atoms with Crippen LogP contribution in [0.1, 0.15) is 48.4 Å². The molecule has 0 aromatic heterocycles. The third kappa shape index (κ3) is 5.75. The summed E-state index contributed by atoms with van der Waals surface area (Å²) in [5, 5.41) is 3.99. The average Bonchev–Trinajstić information content (AvgIpc) is 2.61. The van der Waals surface area contributed by atoms with Gasteiger partial charge in [-0.1, -0.05) is 49.7 Å². The molecule has 0 spiro atoms. The number of aryl methyl sites for hydroxylation is 2. The summed E-state index contributed by atoms with van der Waals surface area (Å²) < 4.78 is 5.49. The molecule has 1 amide bonds. The van der Waals surface area contributed by atoms with E-state index < -0.39 is 0 Å². The standard InChI is InChI=1S/C21H26N2O2/c1-5-16(3)18-8-10-20(11-9-18)25-14-21(24)23-22-13-19-7-6-15(2)12-17(19)4/h6-13,16H,5,14H2,1-4H3,(H,23,24). The summed E-state index contributed by atoms with van der Waals surface area (Å²) in [6, 6.07) is 14.0. The molecule has 0 aliphatic heterocycles. The first kappa shape index (κ1) is 18.7. The first-order chi connectivity index (χ1) is 12.0. The molecule has 0 saturated carbocycles. The van der Waals surface area contributed by atoms with Crippen molar-refractivity contribution in [3.05, 3.63) is 64.7 Å². The van der Waals surface area contributed by atoms with Crippen molar-refractivity contribution in [2.45, 2.75) is 40.0 Å². The molecule has 2 aromatic carbocycles. The van der Waals surface area contributed by atoms with Crippen LogP contribution < -0.4 is 10.2 Å². The maximum absolute atomic E-state index is 11.8. The van der Waals surface area contributed by atoms with Crippen molar-refractivity contribution in [1.82, 2.24) is 5.43 Å². The molecule has 0 fully saturated rings. The summed E-state index contributed by atoms with van der Waals surface area (Å²) in [6.07, 6.45) is 2.74. The molecule has 0 radical (unpaired) electrons. The summed E-state index contributed by atoms with van der Waals surface area (Å²) in [6.45, 7) is 8.35. The minimum Gasteiger partial charge on any atom is -0.484 e. The van der Waals surface area contributed by atoms with Gasteiger partial charge in [-0.25, -0.2) is 5.43 Å². The van der Waals surface area contributed by atoms with Crippen LogP contribution in [0.25, 0.3) is 0 Å². The molecule has 1 atom stereocenters. The van der Waals surface area contributed by atoms with E-state index in [-0.39, 0.29) is 12.5 Å². The topological polar surface area (TPSA) is 50.7 Å². The fraction of sp³-hybridized carbons (Fsp3) is 0.333. The van der Waals surface area contributed by atoms with Gasteiger partial charge in [-0.05, 0) is 55.0 Å². The van der Waals surface area contributed by atoms with Gasteiger partial charge in [0.1, 0.15) is 5.75 Å². The average molecular weight is 338 g/mol. The van der Waals surface area contributed by atoms with Crippen LogP contribution >= 0.6 is 0 Å². The van der Waals surface area contributed by atoms with E-state index in [9.17, 15) is 4.79 Å². The monoisotopic (exact) mass is 338 g/mol. The van der Waals surface area contributed by atoms with E-state index in [1.54, 1.807) is 6.21 Å². The Morgan fingerprint density at radius 1 is 1.20 bits per heavy atom. The van der Waals surface area contributed by atoms with Crippen LogP contribution in [-0.4, -0.2) is 18.7 Å². The highest BCUT2D eigenvalue weighted by Gasteiger charge is 2.05. The quantitative estimate of drug-likeness (QED) is 0.603. The second kappa shape index (κ2) is 9.02. The Hall–Kier alpha value is -2.62. The Bertz CT molecular complexity index is 736. The third-order valence-corrected chi connectivity index (χ3v) is 4.25. The Morgan fingerprint density at radius 3 is 2.56 bits per heavy atom. The number of carbonyl (C=O) groups is 1. The number of benzene rings is 2. The van der Waals surface area contributed by atoms with Crippen LogP contribution in [0.5, 0.6) is 5.75 Å². The molecule has 0 aliphatic carbocycles. The first-order valence-corrected chi connectivity index (χ1v) is 8.61. The maximum Gasteiger partial charge on any atom is 0.277 e. The van der Waals surface area contributed by atoms with E-state index in [0.717, 1.165) is 17.5 Å². The van der Waals surface area contributed by atoms with Crippen molar-refractivity contribution >= 4 is 12.1 Å². The van der Waals surface area contributed by atoms with Crippen LogP contribution in [0.3, 0.4) is 0 Å². The van der Waals surface area contributed by atoms with E-state index in [2.05, 4.69) is 30.4 Å². The molecule has 132 valence electrons. The zero-order chi connectivity index (χ0) is 18.2. The Morgan fingerprint density at radius 2 is 1.92 bits per heavy atom. The molecule has 4 nitrogen and oxygen atoms in total. The van der Waals surface area contributed by atoms with Crippen molar-refractivity contribution in [3.8, 4) is 5.75 Å². The summed E-state index contributed by atoms with van der Waals surface area (Å²) in [5.74, 6) is 0.921. The second-order valence-electron chi connectivity index (χ2n) is 6.32. The highest BCUT2D eigenvalue weighted by Crippen LogP contribution is 2.21. The van der Waals surface area contributed by atoms with Crippen LogP contribution in [0, 0.1) is 13.8 Å². The van der Waals surface area contributed by atoms with Gasteiger partial charge < -0.3 is 4.74 Å². The second-order valence-corrected chi connectivity index (χ2v) is 6.32. The SMILES string of the molecule is CCC(C)c1ccc(OCC(=O)NN=Cc2ccc(C)cc2C)cc1. The number of amides is 1. The van der Waals surface area contributed by atoms with Crippen LogP contribution in [0.2, 0.25) is 0 Å². The fourth-order valence-electron chi connectivity index (χ4n) is 2.45. The number of hydrogen-bond acceptors (Lipinski definition) is 3. The lowest BCUT2D eigenvalue weighted by Crippen LogP contribution is -2.24. The lowest BCUT2D eigenvalue weighted by molar-refractivity contribution is -0.123. The lowest BCUT2D eigenvalue weighted by Gasteiger charge is -2.10. The number of ether oxygens (including phenoxy) is 1. The van der Waals surface area contributed by atoms with Crippen molar-refractivity contribution in [1.29, 1.82) is 0 Å². The van der Waals surface area contributed by atoms with Gasteiger partial charge in [0, 0.05) is 0 Å². The Balaban J connectivity index is 1.81. The third-order valence-electron chi connectivity index (χ3n) is 4.25. The van der Waals surface area contributed by atoms with Crippen LogP contribution in [0.15, 0.2) is 47.6 Å². The number of nitrogens with zero attached hydrogens (tertiary/aromatic N) is 1. The summed E-state index contributed by atoms with van der Waals surface area (Å²) in [4.78, 5) is 11.8. The first-order valence-electron chi connectivity index (χ1n) is 8.61. The highest BCUT2D eigenvalue weighted by molar-refractivity contribution is 5.84. The number of nitrogens with one attached hydrogen (secondary N) is 1. The van der Waals surface area contributed by atoms with Gasteiger partial charge in [-0.3, -0.25) is 4.79 Å². The van der Waals surface area contributed by atoms with Gasteiger partial charge in [0.15, 0.2) is 6.61 Å². The van der Waals surface area contributed by atoms with E-state index in [1.165, 1.54) is 11.1 Å². The van der Waals surface area contributed by atoms with Gasteiger partial charge >= 0.3 is 0 Å². The normalized spacial score (nSPS) is 12.2. The number of hydrogen-bond donors (Lipinski definition) is 1. The summed E-state index contributed by atoms with van der Waals surface area (Å²) in [7, 11) is 0. The van der Waals surface area contributed by atoms with Crippen molar-refractivity contribution in [2.24, 2.45) is 5.10 Å². The molecule has 2 rings (SSSR count). The largest absolute Gasteiger partial charge is 0.484 e. The molecular weight excluding hydrogens is 312 g/mol. The smallest absolute Gasteiger partial charge is 0.277 e. The molecule has 0 heterocycles. The van der Waals surface area contributed by atoms with Gasteiger partial charge in [0.25, 0.3) is 5.91 Å². The fourth-order valence-corrected chi connectivity index (χ4v) is 2.45. The van der Waals surface area contributed by atoms with E-state index in [0.29, 0.717) is 11.7 Å². The van der Waals surface area contributed by atoms with E-state index in [4.69, 9.17) is 4.74 Å². The molecule has 2 aromatic rings. The van der Waals surface area contributed by atoms with Gasteiger partial charge in [-0.2, -0.15) is 5.10 Å². The highest BCUT2D eigenvalue weighted by atomic mass is 16.5. The molecule has 0 aliphatic rings. The van der Waals surface area contributed by atoms with Crippen molar-refractivity contribution in [3.63, 3.8) is 0 Å². The lowest BCUT2D eigenvalue weighted by atomic mass is 9.99. The van der Waals surface area contributed by atoms with Crippen molar-refractivity contribution < 1.29 is 9.53 Å². The molecule has 1 unspecified atom stereocenters. The Labute approximate surface area is 149 Å². The van der Waals surface area contributed by atoms with E-state index in [1.807, 2.05) is 50.2 Å². The molecule has 25 heavy (non-hydrogen) atoms. The maximum atomic E-state index is 11.8. The zero-order valence-corrected chi connectivity index (χ0v) is 15.4. The predicted octanol–water partition coefficient (Wildman–Crippen LogP) is 4.35. The van der Waals surface area contributed by atoms with Crippen molar-refractivity contribution in [2.75, 3.05) is 6.61 Å². The summed E-state index contributed by atoms with van der Waals surface area (Å²) >= 11 is 0. The van der Waals surface area contributed by atoms with Crippen LogP contribution in [-0.2, 0) is 4.79 Å². The minimum atomic E-state index is -0.285.